The fourth-order valence-electron chi connectivity index (χ4n) is 2.54. The molecule has 9 heteroatoms. The van der Waals surface area contributed by atoms with Crippen LogP contribution in [0.3, 0.4) is 0 Å². The Kier molecular flexibility index (Phi) is 6.49. The molecule has 0 spiro atoms. The number of benzene rings is 1. The molecule has 0 radical (unpaired) electrons. The molecule has 1 atom stereocenters. The molecule has 0 aliphatic carbocycles. The first-order chi connectivity index (χ1) is 11.8. The summed E-state index contributed by atoms with van der Waals surface area (Å²) >= 11 is 0. The number of alkyl halides is 3. The lowest BCUT2D eigenvalue weighted by atomic mass is 9.92. The highest BCUT2D eigenvalue weighted by Gasteiger charge is 2.29. The number of hydrogen-bond donors (Lipinski definition) is 2. The zero-order valence-corrected chi connectivity index (χ0v) is 13.8. The first-order valence-corrected chi connectivity index (χ1v) is 7.82. The van der Waals surface area contributed by atoms with Gasteiger partial charge < -0.3 is 25.3 Å². The number of hydrogen-bond acceptors (Lipinski definition) is 5. The summed E-state index contributed by atoms with van der Waals surface area (Å²) in [5.74, 6) is -0.375. The minimum atomic E-state index is -4.48. The Morgan fingerprint density at radius 3 is 2.64 bits per heavy atom. The number of nitrogens with two attached hydrogens (primary N) is 1. The van der Waals surface area contributed by atoms with Gasteiger partial charge in [-0.15, -0.1) is 0 Å². The van der Waals surface area contributed by atoms with Gasteiger partial charge in [0.1, 0.15) is 0 Å². The van der Waals surface area contributed by atoms with Crippen LogP contribution in [-0.4, -0.2) is 45.1 Å². The molecule has 140 valence electrons. The minimum absolute atomic E-state index is 0.00736. The fraction of sp³-hybridized carbons (Fsp3) is 0.562. The van der Waals surface area contributed by atoms with Crippen molar-refractivity contribution in [3.8, 4) is 11.5 Å². The van der Waals surface area contributed by atoms with Crippen LogP contribution in [-0.2, 0) is 9.53 Å². The van der Waals surface area contributed by atoms with Gasteiger partial charge in [0.05, 0.1) is 13.2 Å². The van der Waals surface area contributed by atoms with Crippen LogP contribution in [0.4, 0.5) is 18.9 Å². The van der Waals surface area contributed by atoms with Gasteiger partial charge >= 0.3 is 6.18 Å². The maximum atomic E-state index is 12.3. The van der Waals surface area contributed by atoms with Gasteiger partial charge in [-0.25, -0.2) is 0 Å². The van der Waals surface area contributed by atoms with Crippen molar-refractivity contribution in [2.24, 2.45) is 11.7 Å². The average molecular weight is 362 g/mol. The largest absolute Gasteiger partial charge is 0.493 e. The van der Waals surface area contributed by atoms with Crippen molar-refractivity contribution < 1.29 is 32.2 Å². The number of anilines is 1. The standard InChI is InChI=1S/C16H21F3N2O4/c1-23-12-3-2-11(8-13(12)25-9-16(17,18)19)21-15(22)14(20)10-4-6-24-7-5-10/h2-3,8,10,14H,4-7,9,20H2,1H3,(H,21,22). The lowest BCUT2D eigenvalue weighted by Gasteiger charge is -2.26. The Balaban J connectivity index is 2.04. The molecule has 0 bridgehead atoms. The van der Waals surface area contributed by atoms with Gasteiger partial charge in [0.2, 0.25) is 5.91 Å². The van der Waals surface area contributed by atoms with Crippen molar-refractivity contribution >= 4 is 11.6 Å². The summed E-state index contributed by atoms with van der Waals surface area (Å²) in [5.41, 5.74) is 6.26. The first kappa shape index (κ1) is 19.3. The minimum Gasteiger partial charge on any atom is -0.493 e. The van der Waals surface area contributed by atoms with E-state index in [2.05, 4.69) is 5.32 Å². The predicted molar refractivity (Wildman–Crippen MR) is 84.7 cm³/mol. The molecule has 1 aromatic carbocycles. The van der Waals surface area contributed by atoms with Crippen LogP contribution in [0, 0.1) is 5.92 Å². The zero-order chi connectivity index (χ0) is 18.4. The summed E-state index contributed by atoms with van der Waals surface area (Å²) in [6.07, 6.45) is -3.09. The molecular weight excluding hydrogens is 341 g/mol. The van der Waals surface area contributed by atoms with Crippen molar-refractivity contribution in [2.75, 3.05) is 32.2 Å². The Morgan fingerprint density at radius 2 is 2.04 bits per heavy atom. The summed E-state index contributed by atoms with van der Waals surface area (Å²) < 4.78 is 52.0. The van der Waals surface area contributed by atoms with Crippen molar-refractivity contribution in [3.63, 3.8) is 0 Å². The lowest BCUT2D eigenvalue weighted by Crippen LogP contribution is -2.44. The van der Waals surface area contributed by atoms with E-state index in [1.165, 1.54) is 25.3 Å². The van der Waals surface area contributed by atoms with E-state index in [4.69, 9.17) is 19.9 Å². The van der Waals surface area contributed by atoms with Gasteiger partial charge in [0.25, 0.3) is 0 Å². The third kappa shape index (κ3) is 5.79. The van der Waals surface area contributed by atoms with Crippen molar-refractivity contribution in [2.45, 2.75) is 25.1 Å². The van der Waals surface area contributed by atoms with Gasteiger partial charge in [-0.1, -0.05) is 0 Å². The molecule has 6 nitrogen and oxygen atoms in total. The second-order valence-corrected chi connectivity index (χ2v) is 5.73. The molecule has 1 saturated heterocycles. The predicted octanol–water partition coefficient (Wildman–Crippen LogP) is 2.33. The first-order valence-electron chi connectivity index (χ1n) is 7.82. The number of nitrogens with one attached hydrogen (secondary N) is 1. The van der Waals surface area contributed by atoms with Crippen LogP contribution in [0.2, 0.25) is 0 Å². The normalized spacial score (nSPS) is 17.0. The summed E-state index contributed by atoms with van der Waals surface area (Å²) in [6.45, 7) is -0.338. The maximum Gasteiger partial charge on any atom is 0.422 e. The van der Waals surface area contributed by atoms with Crippen molar-refractivity contribution in [3.05, 3.63) is 18.2 Å². The molecule has 2 rings (SSSR count). The average Bonchev–Trinajstić information content (AvgIpc) is 2.59. The highest BCUT2D eigenvalue weighted by molar-refractivity contribution is 5.95. The molecule has 0 saturated carbocycles. The maximum absolute atomic E-state index is 12.3. The molecule has 0 aromatic heterocycles. The van der Waals surface area contributed by atoms with Crippen LogP contribution in [0.15, 0.2) is 18.2 Å². The van der Waals surface area contributed by atoms with Crippen LogP contribution >= 0.6 is 0 Å². The quantitative estimate of drug-likeness (QED) is 0.812. The molecule has 1 unspecified atom stereocenters. The third-order valence-corrected chi connectivity index (χ3v) is 3.90. The number of halogens is 3. The molecular formula is C16H21F3N2O4. The molecule has 1 aliphatic heterocycles. The number of methoxy groups -OCH3 is 1. The molecule has 1 aromatic rings. The van der Waals surface area contributed by atoms with Gasteiger partial charge in [-0.2, -0.15) is 13.2 Å². The number of carbonyl (C=O) groups excluding carboxylic acids is 1. The molecule has 25 heavy (non-hydrogen) atoms. The van der Waals surface area contributed by atoms with Crippen LogP contribution in [0.1, 0.15) is 12.8 Å². The van der Waals surface area contributed by atoms with E-state index < -0.39 is 24.7 Å². The summed E-state index contributed by atoms with van der Waals surface area (Å²) in [4.78, 5) is 12.3. The summed E-state index contributed by atoms with van der Waals surface area (Å²) in [5, 5.41) is 2.61. The van der Waals surface area contributed by atoms with E-state index in [9.17, 15) is 18.0 Å². The van der Waals surface area contributed by atoms with E-state index in [1.807, 2.05) is 0 Å². The number of carbonyl (C=O) groups is 1. The highest BCUT2D eigenvalue weighted by Crippen LogP contribution is 2.32. The van der Waals surface area contributed by atoms with Gasteiger partial charge in [-0.3, -0.25) is 4.79 Å². The second kappa shape index (κ2) is 8.39. The molecule has 1 heterocycles. The Labute approximate surface area is 143 Å². The monoisotopic (exact) mass is 362 g/mol. The number of amides is 1. The topological polar surface area (TPSA) is 82.8 Å². The number of rotatable bonds is 6. The number of ether oxygens (including phenoxy) is 3. The van der Waals surface area contributed by atoms with Gasteiger partial charge in [-0.05, 0) is 30.9 Å². The van der Waals surface area contributed by atoms with E-state index >= 15 is 0 Å². The molecule has 1 amide bonds. The molecule has 1 fully saturated rings. The lowest BCUT2D eigenvalue weighted by molar-refractivity contribution is -0.153. The summed E-state index contributed by atoms with van der Waals surface area (Å²) in [7, 11) is 1.31. The Hall–Kier alpha value is -2.00. The smallest absolute Gasteiger partial charge is 0.422 e. The molecule has 3 N–H and O–H groups in total. The van der Waals surface area contributed by atoms with Crippen molar-refractivity contribution in [1.29, 1.82) is 0 Å². The van der Waals surface area contributed by atoms with Gasteiger partial charge in [0.15, 0.2) is 18.1 Å². The molecule has 1 aliphatic rings. The zero-order valence-electron chi connectivity index (χ0n) is 13.8. The SMILES string of the molecule is COc1ccc(NC(=O)C(N)C2CCOCC2)cc1OCC(F)(F)F. The Bertz CT molecular complexity index is 589. The second-order valence-electron chi connectivity index (χ2n) is 5.73. The third-order valence-electron chi connectivity index (χ3n) is 3.90. The Morgan fingerprint density at radius 1 is 1.36 bits per heavy atom. The fourth-order valence-corrected chi connectivity index (χ4v) is 2.54. The van der Waals surface area contributed by atoms with Crippen molar-refractivity contribution in [1.82, 2.24) is 0 Å². The van der Waals surface area contributed by atoms with Crippen LogP contribution < -0.4 is 20.5 Å². The van der Waals surface area contributed by atoms with E-state index in [0.29, 0.717) is 26.1 Å². The van der Waals surface area contributed by atoms with Crippen LogP contribution in [0.25, 0.3) is 0 Å². The van der Waals surface area contributed by atoms with Crippen LogP contribution in [0.5, 0.6) is 11.5 Å². The summed E-state index contributed by atoms with van der Waals surface area (Å²) in [6, 6.07) is 3.49. The van der Waals surface area contributed by atoms with Gasteiger partial charge in [0, 0.05) is 25.0 Å². The highest BCUT2D eigenvalue weighted by atomic mass is 19.4. The van der Waals surface area contributed by atoms with E-state index in [1.54, 1.807) is 0 Å². The van der Waals surface area contributed by atoms with E-state index in [0.717, 1.165) is 0 Å². The van der Waals surface area contributed by atoms with E-state index in [-0.39, 0.29) is 23.1 Å².